The molecule has 1 saturated heterocycles. The lowest BCUT2D eigenvalue weighted by atomic mass is 9.94. The number of imidazole rings is 1. The Balaban J connectivity index is 1.50. The number of piperidine rings is 1. The fraction of sp³-hybridized carbons (Fsp3) is 0.556. The van der Waals surface area contributed by atoms with Crippen LogP contribution in [-0.2, 0) is 16.0 Å². The third kappa shape index (κ3) is 4.15. The maximum absolute atomic E-state index is 13.8. The number of ether oxygens (including phenoxy) is 1. The molecule has 1 amide bonds. The molecule has 1 atom stereocenters. The van der Waals surface area contributed by atoms with E-state index in [2.05, 4.69) is 9.97 Å². The van der Waals surface area contributed by atoms with Crippen LogP contribution in [0.15, 0.2) is 24.3 Å². The Morgan fingerprint density at radius 2 is 2.24 bits per heavy atom. The van der Waals surface area contributed by atoms with Gasteiger partial charge in [-0.3, -0.25) is 4.79 Å². The summed E-state index contributed by atoms with van der Waals surface area (Å²) >= 11 is 0. The number of para-hydroxylation sites is 2. The van der Waals surface area contributed by atoms with Crippen molar-refractivity contribution < 1.29 is 18.3 Å². The molecule has 5 nitrogen and oxygen atoms in total. The zero-order valence-corrected chi connectivity index (χ0v) is 14.3. The number of amides is 1. The summed E-state index contributed by atoms with van der Waals surface area (Å²) in [4.78, 5) is 21.6. The van der Waals surface area contributed by atoms with E-state index in [-0.39, 0.29) is 32.0 Å². The molecule has 2 heterocycles. The van der Waals surface area contributed by atoms with Crippen molar-refractivity contribution in [3.05, 3.63) is 30.1 Å². The highest BCUT2D eigenvalue weighted by Crippen LogP contribution is 2.33. The number of aromatic nitrogens is 2. The largest absolute Gasteiger partial charge is 0.384 e. The normalized spacial score (nSPS) is 20.1. The van der Waals surface area contributed by atoms with Crippen LogP contribution in [-0.4, -0.2) is 53.5 Å². The summed E-state index contributed by atoms with van der Waals surface area (Å²) < 4.78 is 32.6. The zero-order chi connectivity index (χ0) is 17.9. The van der Waals surface area contributed by atoms with Gasteiger partial charge < -0.3 is 14.6 Å². The van der Waals surface area contributed by atoms with Crippen molar-refractivity contribution in [1.29, 1.82) is 0 Å². The van der Waals surface area contributed by atoms with Crippen LogP contribution in [0.2, 0.25) is 0 Å². The number of likely N-dealkylation sites (tertiary alicyclic amines) is 1. The van der Waals surface area contributed by atoms with Crippen LogP contribution in [0.25, 0.3) is 11.0 Å². The molecule has 3 rings (SSSR count). The highest BCUT2D eigenvalue weighted by Gasteiger charge is 2.44. The summed E-state index contributed by atoms with van der Waals surface area (Å²) in [6.45, 7) is 0.136. The van der Waals surface area contributed by atoms with E-state index in [1.807, 2.05) is 24.3 Å². The zero-order valence-electron chi connectivity index (χ0n) is 14.3. The second-order valence-electron chi connectivity index (χ2n) is 6.56. The minimum atomic E-state index is -2.76. The molecule has 7 heteroatoms. The van der Waals surface area contributed by atoms with Crippen LogP contribution in [0.1, 0.15) is 25.1 Å². The Morgan fingerprint density at radius 3 is 3.00 bits per heavy atom. The number of halogens is 2. The molecule has 0 bridgehead atoms. The van der Waals surface area contributed by atoms with Crippen molar-refractivity contribution in [2.45, 2.75) is 31.6 Å². The van der Waals surface area contributed by atoms with E-state index >= 15 is 0 Å². The summed E-state index contributed by atoms with van der Waals surface area (Å²) in [7, 11) is 1.41. The number of benzene rings is 1. The lowest BCUT2D eigenvalue weighted by Crippen LogP contribution is -2.50. The highest BCUT2D eigenvalue weighted by molar-refractivity contribution is 5.76. The van der Waals surface area contributed by atoms with E-state index in [1.165, 1.54) is 7.11 Å². The van der Waals surface area contributed by atoms with E-state index in [4.69, 9.17) is 4.74 Å². The lowest BCUT2D eigenvalue weighted by molar-refractivity contribution is -0.150. The van der Waals surface area contributed by atoms with Gasteiger partial charge in [-0.2, -0.15) is 0 Å². The number of aromatic amines is 1. The molecule has 0 radical (unpaired) electrons. The first kappa shape index (κ1) is 17.8. The topological polar surface area (TPSA) is 58.2 Å². The van der Waals surface area contributed by atoms with E-state index in [0.29, 0.717) is 19.3 Å². The summed E-state index contributed by atoms with van der Waals surface area (Å²) in [5, 5.41) is 0. The fourth-order valence-electron chi connectivity index (χ4n) is 3.27. The third-order valence-electron chi connectivity index (χ3n) is 4.72. The first-order valence-corrected chi connectivity index (χ1v) is 8.58. The number of methoxy groups -OCH3 is 1. The van der Waals surface area contributed by atoms with Crippen LogP contribution in [0.5, 0.6) is 0 Å². The molecule has 1 fully saturated rings. The van der Waals surface area contributed by atoms with Crippen LogP contribution in [0, 0.1) is 5.92 Å². The van der Waals surface area contributed by atoms with Gasteiger partial charge in [0.25, 0.3) is 5.92 Å². The highest BCUT2D eigenvalue weighted by atomic mass is 19.3. The predicted octanol–water partition coefficient (Wildman–Crippen LogP) is 3.02. The number of carbonyl (C=O) groups excluding carboxylic acids is 1. The number of fused-ring (bicyclic) bond motifs is 1. The molecule has 1 aliphatic heterocycles. The summed E-state index contributed by atoms with van der Waals surface area (Å²) in [6, 6.07) is 7.76. The quantitative estimate of drug-likeness (QED) is 0.870. The van der Waals surface area contributed by atoms with E-state index in [1.54, 1.807) is 4.90 Å². The molecule has 136 valence electrons. The SMILES string of the molecule is COCC1CN(C(=O)CCCc2nc3ccccc3[nH]2)CCC1(F)F. The Bertz CT molecular complexity index is 699. The average Bonchev–Trinajstić information content (AvgIpc) is 2.99. The number of H-pyrrole nitrogens is 1. The number of carbonyl (C=O) groups is 1. The average molecular weight is 351 g/mol. The number of hydrogen-bond acceptors (Lipinski definition) is 3. The minimum absolute atomic E-state index is 0.0320. The fourth-order valence-corrected chi connectivity index (χ4v) is 3.27. The number of nitrogens with zero attached hydrogens (tertiary/aromatic N) is 2. The molecule has 1 unspecified atom stereocenters. The van der Waals surface area contributed by atoms with Gasteiger partial charge in [0.05, 0.1) is 23.6 Å². The van der Waals surface area contributed by atoms with Gasteiger partial charge in [0.15, 0.2) is 0 Å². The molecule has 1 aromatic carbocycles. The van der Waals surface area contributed by atoms with Crippen molar-refractivity contribution in [2.75, 3.05) is 26.8 Å². The maximum Gasteiger partial charge on any atom is 0.256 e. The Morgan fingerprint density at radius 1 is 1.44 bits per heavy atom. The molecule has 0 aliphatic carbocycles. The minimum Gasteiger partial charge on any atom is -0.384 e. The molecule has 1 aromatic heterocycles. The number of alkyl halides is 2. The van der Waals surface area contributed by atoms with Crippen molar-refractivity contribution in [1.82, 2.24) is 14.9 Å². The van der Waals surface area contributed by atoms with Crippen molar-refractivity contribution in [3.8, 4) is 0 Å². The van der Waals surface area contributed by atoms with Crippen molar-refractivity contribution in [2.24, 2.45) is 5.92 Å². The van der Waals surface area contributed by atoms with Crippen molar-refractivity contribution >= 4 is 16.9 Å². The predicted molar refractivity (Wildman–Crippen MR) is 90.5 cm³/mol. The second kappa shape index (κ2) is 7.47. The number of aryl methyl sites for hydroxylation is 1. The van der Waals surface area contributed by atoms with Gasteiger partial charge in [-0.15, -0.1) is 0 Å². The maximum atomic E-state index is 13.8. The molecule has 0 saturated carbocycles. The molecule has 1 N–H and O–H groups in total. The van der Waals surface area contributed by atoms with Crippen LogP contribution < -0.4 is 0 Å². The van der Waals surface area contributed by atoms with Gasteiger partial charge in [0, 0.05) is 39.5 Å². The first-order valence-electron chi connectivity index (χ1n) is 8.58. The standard InChI is InChI=1S/C18H23F2N3O2/c1-25-12-13-11-23(10-9-18(13,19)20)17(24)8-4-7-16-21-14-5-2-3-6-15(14)22-16/h2-3,5-6,13H,4,7-12H2,1H3,(H,21,22). The van der Waals surface area contributed by atoms with Crippen LogP contribution in [0.4, 0.5) is 8.78 Å². The molecule has 1 aliphatic rings. The van der Waals surface area contributed by atoms with E-state index in [0.717, 1.165) is 16.9 Å². The monoisotopic (exact) mass is 351 g/mol. The van der Waals surface area contributed by atoms with E-state index < -0.39 is 11.8 Å². The molecular formula is C18H23F2N3O2. The molecule has 0 spiro atoms. The van der Waals surface area contributed by atoms with Gasteiger partial charge in [0.2, 0.25) is 5.91 Å². The summed E-state index contributed by atoms with van der Waals surface area (Å²) in [5.74, 6) is -2.92. The summed E-state index contributed by atoms with van der Waals surface area (Å²) in [6.07, 6.45) is 1.34. The molecule has 25 heavy (non-hydrogen) atoms. The van der Waals surface area contributed by atoms with E-state index in [9.17, 15) is 13.6 Å². The summed E-state index contributed by atoms with van der Waals surface area (Å²) in [5.41, 5.74) is 1.88. The van der Waals surface area contributed by atoms with Gasteiger partial charge in [-0.1, -0.05) is 12.1 Å². The van der Waals surface area contributed by atoms with Crippen LogP contribution in [0.3, 0.4) is 0 Å². The Hall–Kier alpha value is -2.02. The molecular weight excluding hydrogens is 328 g/mol. The second-order valence-corrected chi connectivity index (χ2v) is 6.56. The number of nitrogens with one attached hydrogen (secondary N) is 1. The Kier molecular flexibility index (Phi) is 5.32. The van der Waals surface area contributed by atoms with Crippen molar-refractivity contribution in [3.63, 3.8) is 0 Å². The van der Waals surface area contributed by atoms with Gasteiger partial charge >= 0.3 is 0 Å². The lowest BCUT2D eigenvalue weighted by Gasteiger charge is -2.38. The van der Waals surface area contributed by atoms with Gasteiger partial charge in [-0.25, -0.2) is 13.8 Å². The number of hydrogen-bond donors (Lipinski definition) is 1. The third-order valence-corrected chi connectivity index (χ3v) is 4.72. The van der Waals surface area contributed by atoms with Gasteiger partial charge in [0.1, 0.15) is 5.82 Å². The number of rotatable bonds is 6. The first-order chi connectivity index (χ1) is 12.0. The smallest absolute Gasteiger partial charge is 0.256 e. The van der Waals surface area contributed by atoms with Gasteiger partial charge in [-0.05, 0) is 18.6 Å². The Labute approximate surface area is 145 Å². The molecule has 2 aromatic rings. The van der Waals surface area contributed by atoms with Crippen LogP contribution >= 0.6 is 0 Å².